The first-order valence-electron chi connectivity index (χ1n) is 0. The van der Waals surface area contributed by atoms with Crippen molar-refractivity contribution in [3.05, 3.63) is 0 Å². The van der Waals surface area contributed by atoms with Gasteiger partial charge in [0.25, 0.3) is 0 Å². The van der Waals surface area contributed by atoms with Crippen molar-refractivity contribution in [1.29, 1.82) is 0 Å². The second-order valence-corrected chi connectivity index (χ2v) is 0. The van der Waals surface area contributed by atoms with Gasteiger partial charge in [0.05, 0.1) is 0 Å². The standard InChI is InChI=1S/3FH.O.V/h3*1H;;/q;;;-2;/p-3. The van der Waals surface area contributed by atoms with E-state index >= 15 is 0 Å². The SMILES string of the molecule is [F-].[F-].[F-].[O-2].[V]. The van der Waals surface area contributed by atoms with Crippen LogP contribution in [0.3, 0.4) is 0 Å². The molecule has 1 nitrogen and oxygen atoms in total. The van der Waals surface area contributed by atoms with Crippen LogP contribution in [-0.2, 0) is 24.0 Å². The molecule has 37 valence electrons. The molecule has 0 atom stereocenters. The molecule has 0 saturated heterocycles. The second kappa shape index (κ2) is 431. The normalized spacial score (nSPS) is 0. The van der Waals surface area contributed by atoms with Gasteiger partial charge in [-0.1, -0.05) is 0 Å². The molecular weight excluding hydrogens is 124 g/mol. The fraction of sp³-hybridized carbons (Fsp3) is 0. The van der Waals surface area contributed by atoms with Gasteiger partial charge in [0, 0.05) is 18.6 Å². The molecule has 0 heterocycles. The predicted molar refractivity (Wildman–Crippen MR) is 0.686 cm³/mol. The average molecular weight is 124 g/mol. The molecule has 0 amide bonds. The molecule has 0 saturated carbocycles. The Bertz CT molecular complexity index is 6.85. The fourth-order valence-electron chi connectivity index (χ4n) is 0. The Kier molecular flexibility index (Phi) is 77200. The molecule has 0 fully saturated rings. The Morgan fingerprint density at radius 3 is 0.600 bits per heavy atom. The number of rotatable bonds is 0. The number of hydrogen-bond donors (Lipinski definition) is 0. The molecule has 1 radical (unpaired) electrons. The van der Waals surface area contributed by atoms with Crippen LogP contribution >= 0.6 is 0 Å². The van der Waals surface area contributed by atoms with Gasteiger partial charge < -0.3 is 19.6 Å². The van der Waals surface area contributed by atoms with Gasteiger partial charge in [-0.2, -0.15) is 0 Å². The molecule has 5 heavy (non-hydrogen) atoms. The maximum absolute atomic E-state index is 0. The predicted octanol–water partition coefficient (Wildman–Crippen LogP) is -9.11. The van der Waals surface area contributed by atoms with E-state index in [1.54, 1.807) is 0 Å². The zero-order valence-electron chi connectivity index (χ0n) is 1.99. The van der Waals surface area contributed by atoms with E-state index in [1.807, 2.05) is 0 Å². The largest absolute Gasteiger partial charge is 2.00 e. The summed E-state index contributed by atoms with van der Waals surface area (Å²) in [5.74, 6) is 0. The van der Waals surface area contributed by atoms with E-state index in [0.717, 1.165) is 0 Å². The van der Waals surface area contributed by atoms with E-state index in [1.165, 1.54) is 0 Å². The summed E-state index contributed by atoms with van der Waals surface area (Å²) in [5.41, 5.74) is 0. The minimum absolute atomic E-state index is 0. The van der Waals surface area contributed by atoms with Crippen LogP contribution in [0.15, 0.2) is 0 Å². The topological polar surface area (TPSA) is 28.5 Å². The van der Waals surface area contributed by atoms with Gasteiger partial charge in [0.15, 0.2) is 0 Å². The van der Waals surface area contributed by atoms with Gasteiger partial charge in [-0.3, -0.25) is 0 Å². The van der Waals surface area contributed by atoms with Crippen LogP contribution in [0.25, 0.3) is 0 Å². The van der Waals surface area contributed by atoms with Crippen molar-refractivity contribution < 1.29 is 38.1 Å². The van der Waals surface area contributed by atoms with Crippen LogP contribution in [0.1, 0.15) is 0 Å². The molecular formula is F3OV-5. The van der Waals surface area contributed by atoms with Crippen LogP contribution in [0.4, 0.5) is 0 Å². The van der Waals surface area contributed by atoms with Crippen LogP contribution in [-0.4, -0.2) is 0 Å². The summed E-state index contributed by atoms with van der Waals surface area (Å²) < 4.78 is 0. The van der Waals surface area contributed by atoms with Crippen LogP contribution in [0, 0.1) is 0 Å². The minimum Gasteiger partial charge on any atom is -2.00 e. The van der Waals surface area contributed by atoms with E-state index < -0.39 is 0 Å². The van der Waals surface area contributed by atoms with Crippen molar-refractivity contribution in [1.82, 2.24) is 0 Å². The van der Waals surface area contributed by atoms with Gasteiger partial charge in [-0.05, 0) is 0 Å². The van der Waals surface area contributed by atoms with Gasteiger partial charge >= 0.3 is 0 Å². The second-order valence-electron chi connectivity index (χ2n) is 0. The van der Waals surface area contributed by atoms with E-state index in [-0.39, 0.29) is 38.1 Å². The van der Waals surface area contributed by atoms with E-state index in [9.17, 15) is 0 Å². The number of hydrogen-bond acceptors (Lipinski definition) is 0. The first-order chi connectivity index (χ1) is 0. The van der Waals surface area contributed by atoms with Gasteiger partial charge in [0.2, 0.25) is 0 Å². The molecule has 0 unspecified atom stereocenters. The third-order valence-electron chi connectivity index (χ3n) is 0. The van der Waals surface area contributed by atoms with Crippen molar-refractivity contribution >= 4 is 0 Å². The van der Waals surface area contributed by atoms with Gasteiger partial charge in [-0.15, -0.1) is 0 Å². The summed E-state index contributed by atoms with van der Waals surface area (Å²) in [4.78, 5) is 0. The Balaban J connectivity index is 0. The Morgan fingerprint density at radius 1 is 0.600 bits per heavy atom. The summed E-state index contributed by atoms with van der Waals surface area (Å²) in [6.07, 6.45) is 0. The Morgan fingerprint density at radius 2 is 0.600 bits per heavy atom. The molecule has 0 aromatic carbocycles. The van der Waals surface area contributed by atoms with Crippen molar-refractivity contribution in [3.63, 3.8) is 0 Å². The molecule has 0 aliphatic rings. The quantitative estimate of drug-likeness (QED) is 0.307. The third kappa shape index (κ3) is 211. The number of halogens is 3. The summed E-state index contributed by atoms with van der Waals surface area (Å²) in [6.45, 7) is 0. The smallest absolute Gasteiger partial charge is 0 e. The Hall–Kier alpha value is 0.334. The van der Waals surface area contributed by atoms with Crippen molar-refractivity contribution in [2.75, 3.05) is 0 Å². The summed E-state index contributed by atoms with van der Waals surface area (Å²) in [5, 5.41) is 0. The van der Waals surface area contributed by atoms with Crippen molar-refractivity contribution in [2.45, 2.75) is 0 Å². The zero-order chi connectivity index (χ0) is 0. The molecule has 0 aromatic heterocycles. The summed E-state index contributed by atoms with van der Waals surface area (Å²) in [7, 11) is 0. The average Bonchev–Trinajstić information content (AvgIpc) is 0. The zero-order valence-corrected chi connectivity index (χ0v) is 3.39. The minimum atomic E-state index is 0. The fourth-order valence-corrected chi connectivity index (χ4v) is 0. The molecule has 0 aliphatic heterocycles. The maximum Gasteiger partial charge on any atom is 0 e. The van der Waals surface area contributed by atoms with Crippen LogP contribution < -0.4 is 14.1 Å². The van der Waals surface area contributed by atoms with E-state index in [2.05, 4.69) is 0 Å². The molecule has 0 rings (SSSR count). The first-order valence-corrected chi connectivity index (χ1v) is 0. The maximum atomic E-state index is 0. The van der Waals surface area contributed by atoms with Crippen molar-refractivity contribution in [2.24, 2.45) is 0 Å². The molecule has 0 aliphatic carbocycles. The first kappa shape index (κ1) is 896. The Labute approximate surface area is 39.0 Å². The van der Waals surface area contributed by atoms with E-state index in [0.29, 0.717) is 0 Å². The molecule has 0 spiro atoms. The molecule has 0 aromatic rings. The van der Waals surface area contributed by atoms with E-state index in [4.69, 9.17) is 0 Å². The van der Waals surface area contributed by atoms with Gasteiger partial charge in [0.1, 0.15) is 0 Å². The molecule has 0 N–H and O–H groups in total. The van der Waals surface area contributed by atoms with Crippen LogP contribution in [0.5, 0.6) is 0 Å². The third-order valence-corrected chi connectivity index (χ3v) is 0. The van der Waals surface area contributed by atoms with Crippen molar-refractivity contribution in [3.8, 4) is 0 Å². The molecule has 5 heteroatoms. The molecule has 0 bridgehead atoms. The monoisotopic (exact) mass is 124 g/mol. The van der Waals surface area contributed by atoms with Gasteiger partial charge in [-0.25, -0.2) is 0 Å². The van der Waals surface area contributed by atoms with Crippen LogP contribution in [0.2, 0.25) is 0 Å². The summed E-state index contributed by atoms with van der Waals surface area (Å²) in [6, 6.07) is 0. The summed E-state index contributed by atoms with van der Waals surface area (Å²) >= 11 is 0.